The molecule has 1 N–H and O–H groups in total. The van der Waals surface area contributed by atoms with Gasteiger partial charge in [0, 0.05) is 24.7 Å². The number of carbonyl (C=O) groups is 2. The Bertz CT molecular complexity index is 914. The van der Waals surface area contributed by atoms with Gasteiger partial charge in [-0.25, -0.2) is 0 Å². The van der Waals surface area contributed by atoms with Crippen LogP contribution in [0.3, 0.4) is 0 Å². The molecule has 0 aromatic heterocycles. The minimum Gasteiger partial charge on any atom is -0.486 e. The molecule has 2 aliphatic heterocycles. The lowest BCUT2D eigenvalue weighted by Crippen LogP contribution is -2.46. The van der Waals surface area contributed by atoms with Crippen molar-refractivity contribution < 1.29 is 19.1 Å². The largest absolute Gasteiger partial charge is 0.486 e. The Morgan fingerprint density at radius 1 is 1.14 bits per heavy atom. The van der Waals surface area contributed by atoms with E-state index in [-0.39, 0.29) is 24.2 Å². The van der Waals surface area contributed by atoms with E-state index >= 15 is 0 Å². The fourth-order valence-electron chi connectivity index (χ4n) is 3.88. The van der Waals surface area contributed by atoms with Gasteiger partial charge in [-0.2, -0.15) is 0 Å². The van der Waals surface area contributed by atoms with E-state index in [2.05, 4.69) is 12.2 Å². The SMILES string of the molecule is CCC(C)(NC(=O)C1CC(=O)N(c2ccc3c(c2)OCCO3)C1)c1ccccc1. The molecular weight excluding hydrogens is 368 g/mol. The topological polar surface area (TPSA) is 67.9 Å². The summed E-state index contributed by atoms with van der Waals surface area (Å²) in [6.07, 6.45) is 0.962. The Kier molecular flexibility index (Phi) is 5.18. The van der Waals surface area contributed by atoms with E-state index in [1.165, 1.54) is 0 Å². The number of rotatable bonds is 5. The van der Waals surface area contributed by atoms with E-state index in [9.17, 15) is 9.59 Å². The lowest BCUT2D eigenvalue weighted by molar-refractivity contribution is -0.128. The lowest BCUT2D eigenvalue weighted by Gasteiger charge is -2.31. The molecule has 1 saturated heterocycles. The van der Waals surface area contributed by atoms with Gasteiger partial charge in [-0.15, -0.1) is 0 Å². The second-order valence-corrected chi connectivity index (χ2v) is 7.77. The first-order valence-electron chi connectivity index (χ1n) is 10.1. The maximum Gasteiger partial charge on any atom is 0.227 e. The molecule has 0 bridgehead atoms. The normalized spacial score (nSPS) is 20.3. The fraction of sp³-hybridized carbons (Fsp3) is 0.391. The molecule has 0 spiro atoms. The van der Waals surface area contributed by atoms with Gasteiger partial charge >= 0.3 is 0 Å². The summed E-state index contributed by atoms with van der Waals surface area (Å²) in [6.45, 7) is 5.45. The summed E-state index contributed by atoms with van der Waals surface area (Å²) < 4.78 is 11.2. The van der Waals surface area contributed by atoms with Crippen LogP contribution >= 0.6 is 0 Å². The third-order valence-electron chi connectivity index (χ3n) is 5.85. The Labute approximate surface area is 170 Å². The molecule has 0 aliphatic carbocycles. The number of hydrogen-bond acceptors (Lipinski definition) is 4. The highest BCUT2D eigenvalue weighted by Gasteiger charge is 2.38. The maximum absolute atomic E-state index is 13.0. The number of nitrogens with one attached hydrogen (secondary N) is 1. The molecule has 152 valence electrons. The Morgan fingerprint density at radius 2 is 1.86 bits per heavy atom. The van der Waals surface area contributed by atoms with Crippen molar-refractivity contribution in [1.82, 2.24) is 5.32 Å². The fourth-order valence-corrected chi connectivity index (χ4v) is 3.88. The quantitative estimate of drug-likeness (QED) is 0.845. The first kappa shape index (κ1) is 19.3. The molecule has 2 aromatic carbocycles. The molecule has 2 amide bonds. The van der Waals surface area contributed by atoms with Crippen LogP contribution in [0, 0.1) is 5.92 Å². The number of amides is 2. The highest BCUT2D eigenvalue weighted by atomic mass is 16.6. The number of nitrogens with zero attached hydrogens (tertiary/aromatic N) is 1. The average Bonchev–Trinajstić information content (AvgIpc) is 3.15. The molecule has 6 heteroatoms. The van der Waals surface area contributed by atoms with Crippen molar-refractivity contribution in [3.05, 3.63) is 54.1 Å². The van der Waals surface area contributed by atoms with Crippen molar-refractivity contribution in [2.45, 2.75) is 32.2 Å². The third-order valence-corrected chi connectivity index (χ3v) is 5.85. The summed E-state index contributed by atoms with van der Waals surface area (Å²) in [5.74, 6) is 0.788. The molecule has 4 rings (SSSR count). The predicted molar refractivity (Wildman–Crippen MR) is 110 cm³/mol. The zero-order valence-corrected chi connectivity index (χ0v) is 16.8. The number of benzene rings is 2. The second-order valence-electron chi connectivity index (χ2n) is 7.77. The van der Waals surface area contributed by atoms with Crippen LogP contribution < -0.4 is 19.7 Å². The van der Waals surface area contributed by atoms with Gasteiger partial charge in [-0.05, 0) is 31.0 Å². The van der Waals surface area contributed by atoms with Crippen molar-refractivity contribution in [2.75, 3.05) is 24.7 Å². The van der Waals surface area contributed by atoms with Crippen LogP contribution in [-0.2, 0) is 15.1 Å². The number of hydrogen-bond donors (Lipinski definition) is 1. The van der Waals surface area contributed by atoms with E-state index in [1.54, 1.807) is 4.90 Å². The van der Waals surface area contributed by atoms with Gasteiger partial charge in [-0.3, -0.25) is 9.59 Å². The minimum absolute atomic E-state index is 0.0558. The first-order valence-corrected chi connectivity index (χ1v) is 10.1. The van der Waals surface area contributed by atoms with Crippen molar-refractivity contribution in [3.63, 3.8) is 0 Å². The van der Waals surface area contributed by atoms with E-state index in [4.69, 9.17) is 9.47 Å². The summed E-state index contributed by atoms with van der Waals surface area (Å²) >= 11 is 0. The van der Waals surface area contributed by atoms with Crippen LogP contribution in [0.15, 0.2) is 48.5 Å². The molecule has 29 heavy (non-hydrogen) atoms. The van der Waals surface area contributed by atoms with Gasteiger partial charge in [0.25, 0.3) is 0 Å². The molecule has 2 unspecified atom stereocenters. The van der Waals surface area contributed by atoms with Gasteiger partial charge < -0.3 is 19.7 Å². The highest BCUT2D eigenvalue weighted by molar-refractivity contribution is 6.00. The summed E-state index contributed by atoms with van der Waals surface area (Å²) in [6, 6.07) is 15.4. The Balaban J connectivity index is 1.48. The number of ether oxygens (including phenoxy) is 2. The molecule has 2 aromatic rings. The molecule has 1 fully saturated rings. The predicted octanol–water partition coefficient (Wildman–Crippen LogP) is 3.25. The maximum atomic E-state index is 13.0. The lowest BCUT2D eigenvalue weighted by atomic mass is 9.88. The van der Waals surface area contributed by atoms with E-state index in [1.807, 2.05) is 55.5 Å². The van der Waals surface area contributed by atoms with E-state index in [0.717, 1.165) is 17.7 Å². The van der Waals surface area contributed by atoms with Crippen LogP contribution in [0.1, 0.15) is 32.3 Å². The zero-order valence-electron chi connectivity index (χ0n) is 16.8. The number of anilines is 1. The van der Waals surface area contributed by atoms with E-state index in [0.29, 0.717) is 31.3 Å². The van der Waals surface area contributed by atoms with Gasteiger partial charge in [0.2, 0.25) is 11.8 Å². The third kappa shape index (κ3) is 3.79. The van der Waals surface area contributed by atoms with Crippen molar-refractivity contribution in [2.24, 2.45) is 5.92 Å². The number of fused-ring (bicyclic) bond motifs is 1. The standard InChI is InChI=1S/C23H26N2O4/c1-3-23(2,17-7-5-4-6-8-17)24-22(27)16-13-21(26)25(15-16)18-9-10-19-20(14-18)29-12-11-28-19/h4-10,14,16H,3,11-13,15H2,1-2H3,(H,24,27). The first-order chi connectivity index (χ1) is 14.0. The van der Waals surface area contributed by atoms with Crippen LogP contribution in [0.4, 0.5) is 5.69 Å². The molecule has 6 nitrogen and oxygen atoms in total. The highest BCUT2D eigenvalue weighted by Crippen LogP contribution is 2.36. The van der Waals surface area contributed by atoms with Gasteiger partial charge in [-0.1, -0.05) is 37.3 Å². The zero-order chi connectivity index (χ0) is 20.4. The van der Waals surface area contributed by atoms with Crippen molar-refractivity contribution >= 4 is 17.5 Å². The average molecular weight is 394 g/mol. The molecule has 0 saturated carbocycles. The van der Waals surface area contributed by atoms with Gasteiger partial charge in [0.15, 0.2) is 11.5 Å². The van der Waals surface area contributed by atoms with Crippen molar-refractivity contribution in [3.8, 4) is 11.5 Å². The molecule has 2 aliphatic rings. The summed E-state index contributed by atoms with van der Waals surface area (Å²) in [4.78, 5) is 27.3. The molecule has 2 atom stereocenters. The Morgan fingerprint density at radius 3 is 2.59 bits per heavy atom. The van der Waals surface area contributed by atoms with Crippen LogP contribution in [-0.4, -0.2) is 31.6 Å². The van der Waals surface area contributed by atoms with Gasteiger partial charge in [0.05, 0.1) is 11.5 Å². The van der Waals surface area contributed by atoms with Crippen LogP contribution in [0.2, 0.25) is 0 Å². The molecule has 0 radical (unpaired) electrons. The number of carbonyl (C=O) groups excluding carboxylic acids is 2. The molecule has 2 heterocycles. The summed E-state index contributed by atoms with van der Waals surface area (Å²) in [7, 11) is 0. The van der Waals surface area contributed by atoms with Crippen molar-refractivity contribution in [1.29, 1.82) is 0 Å². The monoisotopic (exact) mass is 394 g/mol. The summed E-state index contributed by atoms with van der Waals surface area (Å²) in [5, 5.41) is 3.18. The minimum atomic E-state index is -0.466. The van der Waals surface area contributed by atoms with Crippen LogP contribution in [0.5, 0.6) is 11.5 Å². The second kappa shape index (κ2) is 7.78. The summed E-state index contributed by atoms with van der Waals surface area (Å²) in [5.41, 5.74) is 1.32. The Hall–Kier alpha value is -3.02. The molecular formula is C23H26N2O4. The van der Waals surface area contributed by atoms with E-state index < -0.39 is 5.54 Å². The van der Waals surface area contributed by atoms with Gasteiger partial charge in [0.1, 0.15) is 13.2 Å². The smallest absolute Gasteiger partial charge is 0.227 e. The van der Waals surface area contributed by atoms with Crippen LogP contribution in [0.25, 0.3) is 0 Å².